The Morgan fingerprint density at radius 2 is 1.27 bits per heavy atom. The number of aliphatic carboxylic acids is 1. The number of nitrogens with zero attached hydrogens (tertiary/aromatic N) is 1. The van der Waals surface area contributed by atoms with Gasteiger partial charge < -0.3 is 20.4 Å². The van der Waals surface area contributed by atoms with Gasteiger partial charge in [-0.1, -0.05) is 30.3 Å². The van der Waals surface area contributed by atoms with Gasteiger partial charge in [0.2, 0.25) is 0 Å². The Bertz CT molecular complexity index is 1130. The Labute approximate surface area is 211 Å². The number of hydrogen-bond donors (Lipinski definition) is 3. The number of ether oxygens (including phenoxy) is 1. The van der Waals surface area contributed by atoms with E-state index >= 15 is 0 Å². The SMILES string of the molecule is NC(=Nc1ccccc1)c1ccc(C(=O)NNC(=O)c2ccc(OCC(=O)[O-])cc2)cc1.[Na+]. The minimum Gasteiger partial charge on any atom is -0.546 e. The minimum absolute atomic E-state index is 0. The van der Waals surface area contributed by atoms with Crippen molar-refractivity contribution in [3.05, 3.63) is 95.6 Å². The number of aliphatic imine (C=N–C) groups is 1. The van der Waals surface area contributed by atoms with Crippen molar-refractivity contribution < 1.29 is 53.8 Å². The zero-order valence-electron chi connectivity index (χ0n) is 17.8. The summed E-state index contributed by atoms with van der Waals surface area (Å²) >= 11 is 0. The first-order valence-corrected chi connectivity index (χ1v) is 9.45. The molecule has 0 aromatic heterocycles. The molecule has 0 bridgehead atoms. The van der Waals surface area contributed by atoms with Gasteiger partial charge in [-0.2, -0.15) is 0 Å². The number of amidine groups is 1. The van der Waals surface area contributed by atoms with Gasteiger partial charge in [-0.25, -0.2) is 4.99 Å². The molecule has 9 nitrogen and oxygen atoms in total. The van der Waals surface area contributed by atoms with Crippen LogP contribution in [-0.4, -0.2) is 30.2 Å². The van der Waals surface area contributed by atoms with Crippen LogP contribution in [0.4, 0.5) is 5.69 Å². The van der Waals surface area contributed by atoms with Crippen molar-refractivity contribution in [2.24, 2.45) is 10.7 Å². The van der Waals surface area contributed by atoms with Gasteiger partial charge in [0, 0.05) is 16.7 Å². The molecule has 33 heavy (non-hydrogen) atoms. The van der Waals surface area contributed by atoms with Gasteiger partial charge in [0.15, 0.2) is 0 Å². The average molecular weight is 454 g/mol. The fourth-order valence-corrected chi connectivity index (χ4v) is 2.60. The van der Waals surface area contributed by atoms with Crippen LogP contribution in [0.3, 0.4) is 0 Å². The maximum Gasteiger partial charge on any atom is 1.00 e. The monoisotopic (exact) mass is 454 g/mol. The molecule has 3 rings (SSSR count). The number of hydrazine groups is 1. The average Bonchev–Trinajstić information content (AvgIpc) is 2.82. The van der Waals surface area contributed by atoms with E-state index in [9.17, 15) is 19.5 Å². The number of nitrogens with two attached hydrogens (primary N) is 1. The van der Waals surface area contributed by atoms with Crippen LogP contribution >= 0.6 is 0 Å². The van der Waals surface area contributed by atoms with E-state index < -0.39 is 24.4 Å². The number of hydrogen-bond acceptors (Lipinski definition) is 6. The van der Waals surface area contributed by atoms with Crippen molar-refractivity contribution in [3.63, 3.8) is 0 Å². The summed E-state index contributed by atoms with van der Waals surface area (Å²) in [5.41, 5.74) is 12.6. The molecule has 3 aromatic carbocycles. The first kappa shape index (κ1) is 25.6. The molecule has 0 aliphatic heterocycles. The number of benzene rings is 3. The summed E-state index contributed by atoms with van der Waals surface area (Å²) in [7, 11) is 0. The Morgan fingerprint density at radius 1 is 0.788 bits per heavy atom. The number of carbonyl (C=O) groups excluding carboxylic acids is 3. The fraction of sp³-hybridized carbons (Fsp3) is 0.0435. The number of carbonyl (C=O) groups is 3. The van der Waals surface area contributed by atoms with E-state index in [0.717, 1.165) is 0 Å². The Balaban J connectivity index is 0.00000385. The standard InChI is InChI=1S/C23H20N4O5.Na/c24-21(25-18-4-2-1-3-5-18)15-6-8-16(9-7-15)22(30)26-27-23(31)17-10-12-19(13-11-17)32-14-20(28)29;/h1-13H,14H2,(H2,24,25)(H,26,30)(H,27,31)(H,28,29);/q;+1/p-1. The Kier molecular flexibility index (Phi) is 9.62. The molecule has 0 spiro atoms. The van der Waals surface area contributed by atoms with E-state index in [1.807, 2.05) is 30.3 Å². The normalized spacial score (nSPS) is 10.5. The van der Waals surface area contributed by atoms with E-state index in [1.165, 1.54) is 24.3 Å². The van der Waals surface area contributed by atoms with Crippen molar-refractivity contribution in [3.8, 4) is 5.75 Å². The van der Waals surface area contributed by atoms with E-state index in [4.69, 9.17) is 10.5 Å². The number of amides is 2. The molecule has 0 aliphatic rings. The third-order valence-electron chi connectivity index (χ3n) is 4.21. The largest absolute Gasteiger partial charge is 1.00 e. The molecule has 0 radical (unpaired) electrons. The molecule has 4 N–H and O–H groups in total. The first-order valence-electron chi connectivity index (χ1n) is 9.45. The summed E-state index contributed by atoms with van der Waals surface area (Å²) in [6.45, 7) is -0.593. The molecule has 0 aliphatic carbocycles. The quantitative estimate of drug-likeness (QED) is 0.162. The fourth-order valence-electron chi connectivity index (χ4n) is 2.60. The molecule has 0 saturated carbocycles. The van der Waals surface area contributed by atoms with Crippen molar-refractivity contribution in [1.29, 1.82) is 0 Å². The third-order valence-corrected chi connectivity index (χ3v) is 4.21. The maximum absolute atomic E-state index is 12.3. The van der Waals surface area contributed by atoms with Gasteiger partial charge >= 0.3 is 29.6 Å². The number of nitrogens with one attached hydrogen (secondary N) is 2. The third kappa shape index (κ3) is 7.76. The van der Waals surface area contributed by atoms with Crippen molar-refractivity contribution in [2.75, 3.05) is 6.61 Å². The van der Waals surface area contributed by atoms with Gasteiger partial charge in [-0.3, -0.25) is 20.4 Å². The summed E-state index contributed by atoms with van der Waals surface area (Å²) in [5, 5.41) is 10.4. The summed E-state index contributed by atoms with van der Waals surface area (Å²) in [5.74, 6) is -1.85. The molecule has 10 heteroatoms. The second-order valence-electron chi connectivity index (χ2n) is 6.50. The molecule has 0 saturated heterocycles. The zero-order chi connectivity index (χ0) is 22.9. The van der Waals surface area contributed by atoms with E-state index in [-0.39, 0.29) is 40.9 Å². The number of rotatable bonds is 7. The summed E-state index contributed by atoms with van der Waals surface area (Å²) < 4.78 is 4.94. The summed E-state index contributed by atoms with van der Waals surface area (Å²) in [6, 6.07) is 21.4. The zero-order valence-corrected chi connectivity index (χ0v) is 19.8. The summed E-state index contributed by atoms with van der Waals surface area (Å²) in [6.07, 6.45) is 0. The molecule has 2 amide bonds. The van der Waals surface area contributed by atoms with E-state index in [2.05, 4.69) is 15.8 Å². The Morgan fingerprint density at radius 3 is 1.79 bits per heavy atom. The second-order valence-corrected chi connectivity index (χ2v) is 6.50. The molecular formula is C23H19N4NaO5. The number of carboxylic acids is 1. The smallest absolute Gasteiger partial charge is 0.546 e. The van der Waals surface area contributed by atoms with Crippen LogP contribution in [0.25, 0.3) is 0 Å². The van der Waals surface area contributed by atoms with Gasteiger partial charge in [-0.15, -0.1) is 0 Å². The molecule has 0 unspecified atom stereocenters. The van der Waals surface area contributed by atoms with Crippen molar-refractivity contribution in [1.82, 2.24) is 10.9 Å². The predicted molar refractivity (Wildman–Crippen MR) is 115 cm³/mol. The van der Waals surface area contributed by atoms with E-state index in [0.29, 0.717) is 22.6 Å². The van der Waals surface area contributed by atoms with Crippen LogP contribution in [0.2, 0.25) is 0 Å². The maximum atomic E-state index is 12.3. The van der Waals surface area contributed by atoms with Crippen LogP contribution < -0.4 is 56.0 Å². The van der Waals surface area contributed by atoms with Gasteiger partial charge in [0.1, 0.15) is 18.2 Å². The van der Waals surface area contributed by atoms with Crippen LogP contribution in [0.5, 0.6) is 5.75 Å². The van der Waals surface area contributed by atoms with Crippen molar-refractivity contribution in [2.45, 2.75) is 0 Å². The number of carboxylic acid groups (broad SMARTS) is 1. The van der Waals surface area contributed by atoms with Crippen LogP contribution in [0.1, 0.15) is 26.3 Å². The van der Waals surface area contributed by atoms with Crippen LogP contribution in [-0.2, 0) is 4.79 Å². The minimum atomic E-state index is -1.35. The number of para-hydroxylation sites is 1. The van der Waals surface area contributed by atoms with Gasteiger partial charge in [-0.05, 0) is 48.5 Å². The van der Waals surface area contributed by atoms with Crippen LogP contribution in [0.15, 0.2) is 83.9 Å². The topological polar surface area (TPSA) is 146 Å². The molecular weight excluding hydrogens is 435 g/mol. The predicted octanol–water partition coefficient (Wildman–Crippen LogP) is -2.07. The molecule has 0 atom stereocenters. The molecule has 162 valence electrons. The first-order chi connectivity index (χ1) is 15.4. The molecule has 3 aromatic rings. The van der Waals surface area contributed by atoms with Crippen LogP contribution in [0, 0.1) is 0 Å². The Hall–Kier alpha value is -3.66. The van der Waals surface area contributed by atoms with Crippen molar-refractivity contribution >= 4 is 29.3 Å². The molecule has 0 fully saturated rings. The summed E-state index contributed by atoms with van der Waals surface area (Å²) in [4.78, 5) is 39.2. The molecule has 0 heterocycles. The second kappa shape index (κ2) is 12.4. The van der Waals surface area contributed by atoms with Gasteiger partial charge in [0.05, 0.1) is 11.7 Å². The van der Waals surface area contributed by atoms with E-state index in [1.54, 1.807) is 24.3 Å². The van der Waals surface area contributed by atoms with Gasteiger partial charge in [0.25, 0.3) is 11.8 Å².